The highest BCUT2D eigenvalue weighted by Crippen LogP contribution is 2.32. The van der Waals surface area contributed by atoms with E-state index in [1.807, 2.05) is 0 Å². The van der Waals surface area contributed by atoms with Gasteiger partial charge in [0.2, 0.25) is 0 Å². The topological polar surface area (TPSA) is 97.4 Å². The van der Waals surface area contributed by atoms with Gasteiger partial charge in [0.15, 0.2) is 12.0 Å². The minimum absolute atomic E-state index is 0.140. The van der Waals surface area contributed by atoms with Gasteiger partial charge < -0.3 is 19.4 Å². The van der Waals surface area contributed by atoms with Crippen molar-refractivity contribution in [2.75, 3.05) is 0 Å². The molecule has 1 amide bonds. The van der Waals surface area contributed by atoms with E-state index < -0.39 is 29.7 Å². The van der Waals surface area contributed by atoms with Gasteiger partial charge in [-0.25, -0.2) is 9.78 Å². The number of alkyl halides is 3. The van der Waals surface area contributed by atoms with E-state index in [4.69, 9.17) is 9.52 Å². The molecule has 2 aromatic heterocycles. The normalized spacial score (nSPS) is 12.6. The Balaban J connectivity index is 1.49. The van der Waals surface area contributed by atoms with Crippen LogP contribution in [0, 0.1) is 0 Å². The van der Waals surface area contributed by atoms with Crippen LogP contribution in [0.5, 0.6) is 0 Å². The highest BCUT2D eigenvalue weighted by atomic mass is 19.4. The molecule has 3 aromatic carbocycles. The molecule has 0 unspecified atom stereocenters. The summed E-state index contributed by atoms with van der Waals surface area (Å²) < 4.78 is 46.1. The van der Waals surface area contributed by atoms with Crippen LogP contribution in [0.1, 0.15) is 50.4 Å². The number of carboxylic acids is 1. The number of halogens is 3. The molecular weight excluding hydrogens is 487 g/mol. The number of hydrogen-bond acceptors (Lipinski definition) is 4. The fourth-order valence-corrected chi connectivity index (χ4v) is 4.30. The van der Waals surface area contributed by atoms with E-state index in [9.17, 15) is 22.8 Å². The van der Waals surface area contributed by atoms with Gasteiger partial charge in [-0.2, -0.15) is 13.2 Å². The predicted octanol–water partition coefficient (Wildman–Crippen LogP) is 6.04. The maximum atomic E-state index is 13.4. The quantitative estimate of drug-likeness (QED) is 0.292. The standard InChI is InChI=1S/C27H20F3N3O4/c1-15(17-4-6-18(7-5-17)26(35)36)32-25(34)21-12-22-23(31-14-37-22)20-10-11-33(24(20)21)13-16-2-8-19(9-3-16)27(28,29)30/h2-12,14-15H,13H2,1H3,(H,32,34)(H,35,36)/t15-/m0/s1. The van der Waals surface area contributed by atoms with E-state index in [0.717, 1.165) is 17.7 Å². The maximum Gasteiger partial charge on any atom is 0.416 e. The summed E-state index contributed by atoms with van der Waals surface area (Å²) in [6.45, 7) is 2.01. The Morgan fingerprint density at radius 2 is 1.78 bits per heavy atom. The molecule has 188 valence electrons. The van der Waals surface area contributed by atoms with Crippen LogP contribution in [-0.4, -0.2) is 26.5 Å². The molecule has 0 aliphatic rings. The SMILES string of the molecule is C[C@H](NC(=O)c1cc2ocnc2c2ccn(Cc3ccc(C(F)(F)F)cc3)c12)c1ccc(C(=O)O)cc1. The van der Waals surface area contributed by atoms with Crippen LogP contribution in [0.3, 0.4) is 0 Å². The van der Waals surface area contributed by atoms with Crippen molar-refractivity contribution < 1.29 is 32.3 Å². The molecule has 7 nitrogen and oxygen atoms in total. The van der Waals surface area contributed by atoms with Crippen molar-refractivity contribution in [1.29, 1.82) is 0 Å². The van der Waals surface area contributed by atoms with Crippen molar-refractivity contribution >= 4 is 33.9 Å². The van der Waals surface area contributed by atoms with E-state index >= 15 is 0 Å². The van der Waals surface area contributed by atoms with Gasteiger partial charge in [-0.1, -0.05) is 24.3 Å². The third kappa shape index (κ3) is 4.65. The van der Waals surface area contributed by atoms with E-state index in [-0.39, 0.29) is 12.1 Å². The second-order valence-corrected chi connectivity index (χ2v) is 8.65. The van der Waals surface area contributed by atoms with Crippen LogP contribution in [0.2, 0.25) is 0 Å². The summed E-state index contributed by atoms with van der Waals surface area (Å²) in [6, 6.07) is 14.0. The largest absolute Gasteiger partial charge is 0.478 e. The molecule has 5 rings (SSSR count). The number of nitrogens with zero attached hydrogens (tertiary/aromatic N) is 2. The Morgan fingerprint density at radius 3 is 2.43 bits per heavy atom. The molecule has 0 spiro atoms. The van der Waals surface area contributed by atoms with Gasteiger partial charge in [-0.15, -0.1) is 0 Å². The number of amides is 1. The summed E-state index contributed by atoms with van der Waals surface area (Å²) in [4.78, 5) is 28.8. The lowest BCUT2D eigenvalue weighted by atomic mass is 10.0. The Hall–Kier alpha value is -4.60. The predicted molar refractivity (Wildman–Crippen MR) is 129 cm³/mol. The Bertz CT molecular complexity index is 1620. The number of carbonyl (C=O) groups excluding carboxylic acids is 1. The lowest BCUT2D eigenvalue weighted by molar-refractivity contribution is -0.137. The number of fused-ring (bicyclic) bond motifs is 3. The molecule has 37 heavy (non-hydrogen) atoms. The number of carboxylic acid groups (broad SMARTS) is 1. The summed E-state index contributed by atoms with van der Waals surface area (Å²) >= 11 is 0. The number of nitrogens with one attached hydrogen (secondary N) is 1. The summed E-state index contributed by atoms with van der Waals surface area (Å²) in [7, 11) is 0. The van der Waals surface area contributed by atoms with Crippen LogP contribution in [0.15, 0.2) is 77.7 Å². The molecule has 0 aliphatic carbocycles. The molecule has 2 N–H and O–H groups in total. The van der Waals surface area contributed by atoms with Crippen molar-refractivity contribution in [3.8, 4) is 0 Å². The Labute approximate surface area is 208 Å². The second-order valence-electron chi connectivity index (χ2n) is 8.65. The van der Waals surface area contributed by atoms with Gasteiger partial charge in [0.1, 0.15) is 5.52 Å². The number of benzene rings is 3. The summed E-state index contributed by atoms with van der Waals surface area (Å²) in [5.41, 5.74) is 2.61. The van der Waals surface area contributed by atoms with Crippen LogP contribution in [0.4, 0.5) is 13.2 Å². The van der Waals surface area contributed by atoms with Gasteiger partial charge in [0.25, 0.3) is 5.91 Å². The van der Waals surface area contributed by atoms with Crippen LogP contribution >= 0.6 is 0 Å². The number of carbonyl (C=O) groups is 2. The Kier molecular flexibility index (Phi) is 5.94. The van der Waals surface area contributed by atoms with Gasteiger partial charge in [0, 0.05) is 18.1 Å². The van der Waals surface area contributed by atoms with Gasteiger partial charge in [0.05, 0.1) is 28.2 Å². The molecule has 0 aliphatic heterocycles. The van der Waals surface area contributed by atoms with Crippen molar-refractivity contribution in [3.63, 3.8) is 0 Å². The first-order valence-electron chi connectivity index (χ1n) is 11.3. The van der Waals surface area contributed by atoms with Crippen molar-refractivity contribution in [3.05, 3.63) is 101 Å². The fraction of sp³-hybridized carbons (Fsp3) is 0.148. The number of rotatable bonds is 6. The molecule has 0 saturated heterocycles. The van der Waals surface area contributed by atoms with Gasteiger partial charge >= 0.3 is 12.1 Å². The summed E-state index contributed by atoms with van der Waals surface area (Å²) in [6.07, 6.45) is -1.39. The number of aromatic nitrogens is 2. The smallest absolute Gasteiger partial charge is 0.416 e. The minimum Gasteiger partial charge on any atom is -0.478 e. The average Bonchev–Trinajstić information content (AvgIpc) is 3.50. The van der Waals surface area contributed by atoms with Gasteiger partial charge in [-0.05, 0) is 54.4 Å². The second kappa shape index (κ2) is 9.12. The first-order chi connectivity index (χ1) is 17.6. The van der Waals surface area contributed by atoms with E-state index in [1.165, 1.54) is 30.7 Å². The van der Waals surface area contributed by atoms with Gasteiger partial charge in [-0.3, -0.25) is 4.79 Å². The van der Waals surface area contributed by atoms with Crippen LogP contribution < -0.4 is 5.32 Å². The third-order valence-corrected chi connectivity index (χ3v) is 6.23. The van der Waals surface area contributed by atoms with Crippen LogP contribution in [-0.2, 0) is 12.7 Å². The molecule has 0 bridgehead atoms. The van der Waals surface area contributed by atoms with Crippen molar-refractivity contribution in [1.82, 2.24) is 14.9 Å². The number of aromatic carboxylic acids is 1. The lowest BCUT2D eigenvalue weighted by Crippen LogP contribution is -2.27. The molecule has 0 saturated carbocycles. The first kappa shape index (κ1) is 24.1. The maximum absolute atomic E-state index is 13.4. The van der Waals surface area contributed by atoms with E-state index in [1.54, 1.807) is 42.0 Å². The lowest BCUT2D eigenvalue weighted by Gasteiger charge is -2.16. The van der Waals surface area contributed by atoms with Crippen LogP contribution in [0.25, 0.3) is 22.0 Å². The molecular formula is C27H20F3N3O4. The van der Waals surface area contributed by atoms with E-state index in [2.05, 4.69) is 10.3 Å². The average molecular weight is 507 g/mol. The zero-order chi connectivity index (χ0) is 26.3. The van der Waals surface area contributed by atoms with Crippen molar-refractivity contribution in [2.45, 2.75) is 25.7 Å². The molecule has 0 fully saturated rings. The molecule has 10 heteroatoms. The minimum atomic E-state index is -4.42. The highest BCUT2D eigenvalue weighted by molar-refractivity contribution is 6.14. The van der Waals surface area contributed by atoms with Crippen molar-refractivity contribution in [2.24, 2.45) is 0 Å². The molecule has 2 heterocycles. The zero-order valence-electron chi connectivity index (χ0n) is 19.4. The Morgan fingerprint density at radius 1 is 1.08 bits per heavy atom. The number of hydrogen-bond donors (Lipinski definition) is 2. The summed E-state index contributed by atoms with van der Waals surface area (Å²) in [5.74, 6) is -1.44. The monoisotopic (exact) mass is 507 g/mol. The number of oxazole rings is 1. The molecule has 0 radical (unpaired) electrons. The highest BCUT2D eigenvalue weighted by Gasteiger charge is 2.30. The molecule has 1 atom stereocenters. The summed E-state index contributed by atoms with van der Waals surface area (Å²) in [5, 5.41) is 12.7. The van der Waals surface area contributed by atoms with E-state index in [0.29, 0.717) is 33.1 Å². The molecule has 5 aromatic rings. The first-order valence-corrected chi connectivity index (χ1v) is 11.3. The third-order valence-electron chi connectivity index (χ3n) is 6.23. The fourth-order valence-electron chi connectivity index (χ4n) is 4.30. The zero-order valence-corrected chi connectivity index (χ0v) is 19.4.